The molecular weight excluding hydrogens is 1450 g/mol. The van der Waals surface area contributed by atoms with Crippen LogP contribution in [0, 0.1) is 40.1 Å². The minimum absolute atomic E-state index is 0. The molecule has 8 aromatic heterocycles. The summed E-state index contributed by atoms with van der Waals surface area (Å²) in [5.41, 5.74) is 26.3. The summed E-state index contributed by atoms with van der Waals surface area (Å²) >= 11 is 0. The number of nitrogens with zero attached hydrogens (tertiary/aromatic N) is 18. The number of carboxylic acid groups (broad SMARTS) is 1. The first-order valence-corrected chi connectivity index (χ1v) is 34.1. The standard InChI is InChI=1S/C29H29FN8O2.C19H14FN5O2.C10H17N3O.C10H13N3O.C6H3FN2.C4H11NO.3CH4/c1-37(2)13-14-40-24-5-4-12-32-22(24)16-33-29(39)27-28(31)36-25(18-6-9-20(30)10-7-18)26(35-27)19-8-11-21-23(15-19)38(3)17-34-21;1-25-9-22-13-7-4-11(8-14(13)25)16-15(10-2-5-12(20)6-3-10)24-18(21)17(23-16)19(26)27;2*1-13(2)6-7-14-10-4-3-5-12-9(10)8-11;7-5-2-1-3-9-6(5)4-8;1-5(2)3-4-6;;;/h4-12,15,17H,13-14,16H2,1-3H3,(H2,31,36)(H,33,39);2-9H,1H3,(H2,21,24)(H,26,27);3-5H,6-8,11H2,1-2H3;3-5H,6-7H2,1-2H3;1-3H;6H,3-4H2,1-2H3;3*1H4. The van der Waals surface area contributed by atoms with Gasteiger partial charge in [-0.3, -0.25) is 14.8 Å². The molecule has 0 unspecified atom stereocenters. The van der Waals surface area contributed by atoms with Gasteiger partial charge in [-0.2, -0.15) is 10.5 Å². The molecule has 0 saturated heterocycles. The lowest BCUT2D eigenvalue weighted by molar-refractivity contribution is 0.0691. The summed E-state index contributed by atoms with van der Waals surface area (Å²) in [7, 11) is 19.5. The molecule has 0 aliphatic carbocycles. The van der Waals surface area contributed by atoms with Crippen molar-refractivity contribution in [2.75, 3.05) is 120 Å². The van der Waals surface area contributed by atoms with Gasteiger partial charge in [-0.05, 0) is 178 Å². The number of aliphatic hydroxyl groups excluding tert-OH is 1. The average Bonchev–Trinajstić information content (AvgIpc) is 1.74. The highest BCUT2D eigenvalue weighted by Gasteiger charge is 2.23. The number of rotatable bonds is 23. The Bertz CT molecular complexity index is 5070. The maximum Gasteiger partial charge on any atom is 0.358 e. The van der Waals surface area contributed by atoms with Gasteiger partial charge in [0.05, 0.1) is 76.3 Å². The molecule has 1 amide bonds. The molecule has 12 rings (SSSR count). The zero-order chi connectivity index (χ0) is 79.8. The van der Waals surface area contributed by atoms with Crippen LogP contribution >= 0.6 is 0 Å². The number of nitrogens with one attached hydrogen (secondary N) is 1. The van der Waals surface area contributed by atoms with Crippen LogP contribution in [0.25, 0.3) is 67.1 Å². The van der Waals surface area contributed by atoms with E-state index < -0.39 is 17.7 Å². The number of carboxylic acids is 1. The maximum absolute atomic E-state index is 13.7. The summed E-state index contributed by atoms with van der Waals surface area (Å²) in [5, 5.41) is 37.3. The van der Waals surface area contributed by atoms with Crippen LogP contribution in [-0.4, -0.2) is 210 Å². The topological polar surface area (TPSA) is 392 Å². The Balaban J connectivity index is 0.000000317. The summed E-state index contributed by atoms with van der Waals surface area (Å²) in [6, 6.07) is 39.7. The van der Waals surface area contributed by atoms with Crippen LogP contribution in [0.2, 0.25) is 0 Å². The second-order valence-corrected chi connectivity index (χ2v) is 24.9. The van der Waals surface area contributed by atoms with E-state index in [4.69, 9.17) is 47.0 Å². The van der Waals surface area contributed by atoms with Gasteiger partial charge >= 0.3 is 5.97 Å². The van der Waals surface area contributed by atoms with Gasteiger partial charge in [0, 0.05) is 93.9 Å². The van der Waals surface area contributed by atoms with Gasteiger partial charge in [0.1, 0.15) is 60.8 Å². The van der Waals surface area contributed by atoms with Gasteiger partial charge in [0.2, 0.25) is 0 Å². The van der Waals surface area contributed by atoms with E-state index in [2.05, 4.69) is 60.1 Å². The maximum atomic E-state index is 13.7. The summed E-state index contributed by atoms with van der Waals surface area (Å²) in [6.07, 6.45) is 9.73. The minimum atomic E-state index is -1.27. The molecule has 9 N–H and O–H groups in total. The molecule has 29 nitrogen and oxygen atoms in total. The number of aromatic carboxylic acids is 1. The van der Waals surface area contributed by atoms with Crippen LogP contribution in [0.4, 0.5) is 24.8 Å². The number of amides is 1. The van der Waals surface area contributed by atoms with Crippen molar-refractivity contribution in [2.45, 2.75) is 35.4 Å². The van der Waals surface area contributed by atoms with Crippen LogP contribution in [0.1, 0.15) is 66.0 Å². The first kappa shape index (κ1) is 92.4. The van der Waals surface area contributed by atoms with E-state index in [0.717, 1.165) is 59.7 Å². The number of imidazole rings is 2. The van der Waals surface area contributed by atoms with E-state index >= 15 is 0 Å². The third-order valence-corrected chi connectivity index (χ3v) is 15.5. The third-order valence-electron chi connectivity index (χ3n) is 15.5. The molecule has 32 heteroatoms. The number of carbonyl (C=O) groups excluding carboxylic acids is 1. The normalized spacial score (nSPS) is 10.3. The number of nitrogens with two attached hydrogens (primary N) is 3. The summed E-state index contributed by atoms with van der Waals surface area (Å²) in [6.45, 7) is 5.69. The lowest BCUT2D eigenvalue weighted by atomic mass is 10.0. The Morgan fingerprint density at radius 1 is 0.496 bits per heavy atom. The lowest BCUT2D eigenvalue weighted by Crippen LogP contribution is -2.27. The molecule has 0 fully saturated rings. The van der Waals surface area contributed by atoms with Crippen molar-refractivity contribution in [2.24, 2.45) is 19.8 Å². The van der Waals surface area contributed by atoms with Gasteiger partial charge < -0.3 is 75.7 Å². The van der Waals surface area contributed by atoms with Crippen molar-refractivity contribution in [3.8, 4) is 74.4 Å². The molecule has 596 valence electrons. The monoisotopic (exact) mass is 1550 g/mol. The van der Waals surface area contributed by atoms with Crippen LogP contribution in [0.5, 0.6) is 17.2 Å². The van der Waals surface area contributed by atoms with Crippen LogP contribution in [0.15, 0.2) is 171 Å². The first-order chi connectivity index (χ1) is 52.8. The number of nitrogen functional groups attached to an aromatic ring is 2. The van der Waals surface area contributed by atoms with E-state index in [1.54, 1.807) is 85.8 Å². The third kappa shape index (κ3) is 27.8. The van der Waals surface area contributed by atoms with Crippen molar-refractivity contribution in [1.82, 2.24) is 83.9 Å². The van der Waals surface area contributed by atoms with Crippen LogP contribution < -0.4 is 36.7 Å². The molecule has 0 spiro atoms. The smallest absolute Gasteiger partial charge is 0.358 e. The Morgan fingerprint density at radius 3 is 1.28 bits per heavy atom. The van der Waals surface area contributed by atoms with E-state index in [-0.39, 0.29) is 75.8 Å². The van der Waals surface area contributed by atoms with Crippen LogP contribution in [0.3, 0.4) is 0 Å². The van der Waals surface area contributed by atoms with E-state index in [1.807, 2.05) is 149 Å². The molecule has 0 saturated carbocycles. The average molecular weight is 1550 g/mol. The molecular formula is C81H99F3N22O7. The van der Waals surface area contributed by atoms with Crippen LogP contribution in [-0.2, 0) is 27.2 Å². The fraction of sp³-hybridized carbons (Fsp3) is 0.284. The molecule has 0 aliphatic rings. The Labute approximate surface area is 656 Å². The molecule has 0 bridgehead atoms. The number of aryl methyl sites for hydroxylation is 2. The molecule has 0 aliphatic heterocycles. The Kier molecular flexibility index (Phi) is 38.1. The molecule has 113 heavy (non-hydrogen) atoms. The summed E-state index contributed by atoms with van der Waals surface area (Å²) in [5.74, 6) is -1.44. The second-order valence-electron chi connectivity index (χ2n) is 24.9. The molecule has 4 aromatic carbocycles. The van der Waals surface area contributed by atoms with Gasteiger partial charge in [-0.15, -0.1) is 0 Å². The van der Waals surface area contributed by atoms with Gasteiger partial charge in [-0.1, -0.05) is 34.4 Å². The fourth-order valence-corrected chi connectivity index (χ4v) is 9.71. The Morgan fingerprint density at radius 2 is 0.876 bits per heavy atom. The number of nitriles is 2. The SMILES string of the molecule is C.C.C.CN(C)CCO.CN(C)CCOc1cccnc1C#N.CN(C)CCOc1cccnc1CN.CN(C)CCOc1cccnc1CNC(=O)c1nc(-c2ccc3ncn(C)c3c2)c(-c2ccc(F)cc2)nc1N.Cn1cnc2ccc(-c3nc(C(=O)O)c(N)nc3-c3ccc(F)cc3)cc21.N#Cc1ncccc1F. The molecule has 12 aromatic rings. The van der Waals surface area contributed by atoms with E-state index in [1.165, 1.54) is 42.6 Å². The zero-order valence-corrected chi connectivity index (χ0v) is 62.6. The largest absolute Gasteiger partial charge is 0.490 e. The number of pyridine rings is 4. The number of likely N-dealkylation sites (N-methyl/N-ethyl adjacent to an activating group) is 4. The predicted molar refractivity (Wildman–Crippen MR) is 433 cm³/mol. The van der Waals surface area contributed by atoms with Crippen molar-refractivity contribution >= 4 is 45.6 Å². The number of hydrogen-bond donors (Lipinski definition) is 6. The lowest BCUT2D eigenvalue weighted by Gasteiger charge is -2.15. The van der Waals surface area contributed by atoms with Crippen molar-refractivity contribution in [3.63, 3.8) is 0 Å². The number of anilines is 2. The highest BCUT2D eigenvalue weighted by atomic mass is 19.1. The number of carbonyl (C=O) groups is 2. The number of halogens is 3. The second kappa shape index (κ2) is 46.5. The number of aromatic nitrogens is 12. The van der Waals surface area contributed by atoms with Crippen molar-refractivity contribution in [3.05, 3.63) is 223 Å². The highest BCUT2D eigenvalue weighted by Crippen LogP contribution is 2.35. The van der Waals surface area contributed by atoms with E-state index in [0.29, 0.717) is 94.3 Å². The molecule has 0 radical (unpaired) electrons. The highest BCUT2D eigenvalue weighted by molar-refractivity contribution is 5.98. The first-order valence-electron chi connectivity index (χ1n) is 34.1. The minimum Gasteiger partial charge on any atom is -0.490 e. The van der Waals surface area contributed by atoms with Gasteiger partial charge in [0.15, 0.2) is 46.0 Å². The molecule has 0 atom stereocenters. The van der Waals surface area contributed by atoms with Gasteiger partial charge in [0.25, 0.3) is 5.91 Å². The van der Waals surface area contributed by atoms with Gasteiger partial charge in [-0.25, -0.2) is 57.8 Å². The zero-order valence-electron chi connectivity index (χ0n) is 62.6. The van der Waals surface area contributed by atoms with Crippen molar-refractivity contribution < 1.29 is 47.2 Å². The number of benzene rings is 4. The number of aliphatic hydroxyl groups is 1. The number of fused-ring (bicyclic) bond motifs is 2. The number of ether oxygens (including phenoxy) is 3. The quantitative estimate of drug-likeness (QED) is 0.0346. The molecule has 8 heterocycles. The van der Waals surface area contributed by atoms with E-state index in [9.17, 15) is 27.9 Å². The fourth-order valence-electron chi connectivity index (χ4n) is 9.71. The number of hydrogen-bond acceptors (Lipinski definition) is 25. The summed E-state index contributed by atoms with van der Waals surface area (Å²) in [4.78, 5) is 75.1. The Hall–Kier alpha value is -13.0. The van der Waals surface area contributed by atoms with Crippen molar-refractivity contribution in [1.29, 1.82) is 10.5 Å². The summed E-state index contributed by atoms with van der Waals surface area (Å²) < 4.78 is 59.8. The predicted octanol–water partition coefficient (Wildman–Crippen LogP) is 10.7.